The van der Waals surface area contributed by atoms with E-state index in [1.54, 1.807) is 35.6 Å². The largest absolute Gasteiger partial charge is 0.354 e. The van der Waals surface area contributed by atoms with Crippen LogP contribution in [0.1, 0.15) is 51.5 Å². The average Bonchev–Trinajstić information content (AvgIpc) is 3.08. The van der Waals surface area contributed by atoms with Gasteiger partial charge in [0.2, 0.25) is 17.5 Å². The Morgan fingerprint density at radius 1 is 1.09 bits per heavy atom. The van der Waals surface area contributed by atoms with E-state index in [1.807, 2.05) is 23.1 Å². The average molecular weight is 447 g/mol. The van der Waals surface area contributed by atoms with Crippen molar-refractivity contribution in [2.45, 2.75) is 25.8 Å². The van der Waals surface area contributed by atoms with Crippen LogP contribution in [0.5, 0.6) is 0 Å². The van der Waals surface area contributed by atoms with Crippen LogP contribution >= 0.6 is 11.3 Å². The molecule has 1 aromatic heterocycles. The number of allylic oxidation sites excluding steroid dienone is 2. The van der Waals surface area contributed by atoms with Gasteiger partial charge in [0.15, 0.2) is 0 Å². The normalized spacial score (nSPS) is 19.2. The van der Waals surface area contributed by atoms with E-state index in [0.717, 1.165) is 28.1 Å². The number of para-hydroxylation sites is 1. The summed E-state index contributed by atoms with van der Waals surface area (Å²) in [4.78, 5) is 45.0. The minimum atomic E-state index is -0.381. The fourth-order valence-corrected chi connectivity index (χ4v) is 5.36. The molecule has 2 aromatic carbocycles. The molecule has 1 amide bonds. The lowest BCUT2D eigenvalue weighted by molar-refractivity contribution is -0.118. The van der Waals surface area contributed by atoms with Gasteiger partial charge in [-0.3, -0.25) is 19.7 Å². The Balaban J connectivity index is 1.46. The van der Waals surface area contributed by atoms with Crippen molar-refractivity contribution in [3.05, 3.63) is 76.1 Å². The molecule has 1 fully saturated rings. The van der Waals surface area contributed by atoms with Crippen LogP contribution in [0.4, 0.5) is 0 Å². The quantitative estimate of drug-likeness (QED) is 0.641. The molecule has 162 valence electrons. The SMILES string of the molecule is CC(=O)NC1=C(N2CCCC(c3nc4ccccc4s3)NC2)C(=O)c2ccccc2C1=O. The molecular weight excluding hydrogens is 424 g/mol. The minimum absolute atomic E-state index is 0.0569. The second-order valence-electron chi connectivity index (χ2n) is 7.95. The van der Waals surface area contributed by atoms with Crippen molar-refractivity contribution in [1.82, 2.24) is 20.5 Å². The standard InChI is InChI=1S/C24H22N4O3S/c1-14(29)26-20-21(23(31)16-8-3-2-7-15(16)22(20)30)28-12-6-10-18(25-13-28)24-27-17-9-4-5-11-19(17)32-24/h2-5,7-9,11,18,25H,6,10,12-13H2,1H3,(H,26,29). The van der Waals surface area contributed by atoms with Crippen molar-refractivity contribution in [2.75, 3.05) is 13.2 Å². The first-order valence-electron chi connectivity index (χ1n) is 10.6. The Hall–Kier alpha value is -3.36. The molecule has 1 atom stereocenters. The van der Waals surface area contributed by atoms with Crippen molar-refractivity contribution in [3.63, 3.8) is 0 Å². The second kappa shape index (κ2) is 8.29. The van der Waals surface area contributed by atoms with Crippen molar-refractivity contribution in [3.8, 4) is 0 Å². The minimum Gasteiger partial charge on any atom is -0.354 e. The van der Waals surface area contributed by atoms with Gasteiger partial charge in [0.05, 0.1) is 22.9 Å². The maximum Gasteiger partial charge on any atom is 0.221 e. The summed E-state index contributed by atoms with van der Waals surface area (Å²) in [6, 6.07) is 14.9. The number of Topliss-reactive ketones (excluding diaryl/α,β-unsaturated/α-hetero) is 2. The predicted molar refractivity (Wildman–Crippen MR) is 122 cm³/mol. The summed E-state index contributed by atoms with van der Waals surface area (Å²) in [5.41, 5.74) is 1.98. The Morgan fingerprint density at radius 3 is 2.56 bits per heavy atom. The van der Waals surface area contributed by atoms with E-state index in [2.05, 4.69) is 16.7 Å². The molecule has 1 aliphatic heterocycles. The molecule has 1 aliphatic carbocycles. The van der Waals surface area contributed by atoms with Gasteiger partial charge in [0.1, 0.15) is 16.4 Å². The van der Waals surface area contributed by atoms with Crippen LogP contribution in [0.25, 0.3) is 10.2 Å². The number of nitrogens with zero attached hydrogens (tertiary/aromatic N) is 2. The maximum absolute atomic E-state index is 13.4. The molecule has 7 nitrogen and oxygen atoms in total. The summed E-state index contributed by atoms with van der Waals surface area (Å²) in [6.07, 6.45) is 1.67. The number of ketones is 2. The van der Waals surface area contributed by atoms with E-state index in [9.17, 15) is 14.4 Å². The van der Waals surface area contributed by atoms with Gasteiger partial charge < -0.3 is 10.2 Å². The van der Waals surface area contributed by atoms with Gasteiger partial charge in [-0.1, -0.05) is 36.4 Å². The molecule has 32 heavy (non-hydrogen) atoms. The van der Waals surface area contributed by atoms with E-state index < -0.39 is 0 Å². The molecule has 1 unspecified atom stereocenters. The van der Waals surface area contributed by atoms with Gasteiger partial charge in [0.25, 0.3) is 0 Å². The van der Waals surface area contributed by atoms with E-state index in [-0.39, 0.29) is 34.9 Å². The third-order valence-corrected chi connectivity index (χ3v) is 6.92. The summed E-state index contributed by atoms with van der Waals surface area (Å²) in [7, 11) is 0. The van der Waals surface area contributed by atoms with E-state index in [0.29, 0.717) is 24.3 Å². The number of rotatable bonds is 3. The molecule has 0 bridgehead atoms. The lowest BCUT2D eigenvalue weighted by Gasteiger charge is -2.30. The van der Waals surface area contributed by atoms with Crippen LogP contribution in [0.15, 0.2) is 59.9 Å². The lowest BCUT2D eigenvalue weighted by Crippen LogP contribution is -2.42. The summed E-state index contributed by atoms with van der Waals surface area (Å²) >= 11 is 1.67. The number of aromatic nitrogens is 1. The highest BCUT2D eigenvalue weighted by molar-refractivity contribution is 7.18. The van der Waals surface area contributed by atoms with Crippen LogP contribution in [-0.2, 0) is 4.79 Å². The number of nitrogens with one attached hydrogen (secondary N) is 2. The molecule has 5 rings (SSSR count). The molecule has 8 heteroatoms. The number of amides is 1. The summed E-state index contributed by atoms with van der Waals surface area (Å²) in [6.45, 7) is 2.31. The Morgan fingerprint density at radius 2 is 1.81 bits per heavy atom. The number of carbonyl (C=O) groups excluding carboxylic acids is 3. The highest BCUT2D eigenvalue weighted by Gasteiger charge is 2.36. The topological polar surface area (TPSA) is 91.4 Å². The first-order valence-corrected chi connectivity index (χ1v) is 11.4. The zero-order valence-electron chi connectivity index (χ0n) is 17.6. The van der Waals surface area contributed by atoms with E-state index >= 15 is 0 Å². The molecule has 0 spiro atoms. The first-order chi connectivity index (χ1) is 15.5. The monoisotopic (exact) mass is 446 g/mol. The number of benzene rings is 2. The predicted octanol–water partition coefficient (Wildman–Crippen LogP) is 3.41. The van der Waals surface area contributed by atoms with Gasteiger partial charge >= 0.3 is 0 Å². The van der Waals surface area contributed by atoms with E-state index in [4.69, 9.17) is 4.98 Å². The molecule has 0 radical (unpaired) electrons. The molecule has 2 heterocycles. The number of hydrogen-bond donors (Lipinski definition) is 2. The second-order valence-corrected chi connectivity index (χ2v) is 9.01. The molecule has 0 saturated carbocycles. The molecule has 2 N–H and O–H groups in total. The van der Waals surface area contributed by atoms with Crippen molar-refractivity contribution < 1.29 is 14.4 Å². The smallest absolute Gasteiger partial charge is 0.221 e. The number of fused-ring (bicyclic) bond motifs is 2. The number of thiazole rings is 1. The Labute approximate surface area is 189 Å². The van der Waals surface area contributed by atoms with Crippen molar-refractivity contribution >= 4 is 39.0 Å². The van der Waals surface area contributed by atoms with Gasteiger partial charge in [-0.15, -0.1) is 11.3 Å². The van der Waals surface area contributed by atoms with Gasteiger partial charge in [-0.2, -0.15) is 0 Å². The Kier molecular flexibility index (Phi) is 5.32. The summed E-state index contributed by atoms with van der Waals surface area (Å²) < 4.78 is 1.14. The molecule has 1 saturated heterocycles. The third kappa shape index (κ3) is 3.61. The molecule has 3 aromatic rings. The Bertz CT molecular complexity index is 1250. The van der Waals surface area contributed by atoms with Crippen molar-refractivity contribution in [1.29, 1.82) is 0 Å². The fraction of sp³-hybridized carbons (Fsp3) is 0.250. The van der Waals surface area contributed by atoms with Crippen LogP contribution in [0.3, 0.4) is 0 Å². The molecular formula is C24H22N4O3S. The van der Waals surface area contributed by atoms with Gasteiger partial charge in [-0.25, -0.2) is 4.98 Å². The van der Waals surface area contributed by atoms with Gasteiger partial charge in [-0.05, 0) is 25.0 Å². The number of carbonyl (C=O) groups is 3. The first kappa shape index (κ1) is 20.5. The zero-order valence-corrected chi connectivity index (χ0v) is 18.4. The maximum atomic E-state index is 13.4. The van der Waals surface area contributed by atoms with Crippen molar-refractivity contribution in [2.24, 2.45) is 0 Å². The van der Waals surface area contributed by atoms with Crippen LogP contribution in [0.2, 0.25) is 0 Å². The highest BCUT2D eigenvalue weighted by Crippen LogP contribution is 2.32. The summed E-state index contributed by atoms with van der Waals surface area (Å²) in [5, 5.41) is 7.14. The zero-order chi connectivity index (χ0) is 22.2. The highest BCUT2D eigenvalue weighted by atomic mass is 32.1. The van der Waals surface area contributed by atoms with E-state index in [1.165, 1.54) is 6.92 Å². The number of hydrogen-bond acceptors (Lipinski definition) is 7. The molecule has 2 aliphatic rings. The van der Waals surface area contributed by atoms with Crippen LogP contribution < -0.4 is 10.6 Å². The summed E-state index contributed by atoms with van der Waals surface area (Å²) in [5.74, 6) is -0.963. The lowest BCUT2D eigenvalue weighted by atomic mass is 9.89. The fourth-order valence-electron chi connectivity index (χ4n) is 4.28. The van der Waals surface area contributed by atoms with Gasteiger partial charge in [0, 0.05) is 24.6 Å². The van der Waals surface area contributed by atoms with Crippen LogP contribution in [0, 0.1) is 0 Å². The third-order valence-electron chi connectivity index (χ3n) is 5.77. The van der Waals surface area contributed by atoms with Crippen LogP contribution in [-0.4, -0.2) is 40.6 Å².